The molecule has 5 N–H and O–H groups in total. The van der Waals surface area contributed by atoms with Crippen LogP contribution in [-0.2, 0) is 14.4 Å². The highest BCUT2D eigenvalue weighted by atomic mass is 32.1. The number of aryl methyl sites for hydroxylation is 1. The number of benzene rings is 2. The van der Waals surface area contributed by atoms with Crippen LogP contribution in [0.4, 0.5) is 15.8 Å². The van der Waals surface area contributed by atoms with Crippen LogP contribution in [0, 0.1) is 12.7 Å². The number of rotatable bonds is 10. The van der Waals surface area contributed by atoms with Crippen molar-refractivity contribution in [3.8, 4) is 11.5 Å². The maximum Gasteiger partial charge on any atom is 0.303 e. The maximum absolute atomic E-state index is 12.7. The van der Waals surface area contributed by atoms with Gasteiger partial charge in [-0.25, -0.2) is 4.39 Å². The van der Waals surface area contributed by atoms with Gasteiger partial charge in [0.15, 0.2) is 0 Å². The molecule has 3 rings (SSSR count). The number of nitrogens with one attached hydrogen (secondary N) is 2. The predicted octanol–water partition coefficient (Wildman–Crippen LogP) is 5.41. The largest absolute Gasteiger partial charge is 0.481 e. The first-order chi connectivity index (χ1) is 18.8. The highest BCUT2D eigenvalue weighted by molar-refractivity contribution is 7.83. The highest BCUT2D eigenvalue weighted by Gasteiger charge is 2.04. The number of pyridine rings is 1. The Morgan fingerprint density at radius 2 is 1.82 bits per heavy atom. The van der Waals surface area contributed by atoms with Gasteiger partial charge in [0.05, 0.1) is 11.4 Å². The molecule has 0 saturated heterocycles. The molecule has 39 heavy (non-hydrogen) atoms. The molecule has 1 aromatic heterocycles. The molecule has 0 saturated carbocycles. The fourth-order valence-corrected chi connectivity index (χ4v) is 3.10. The Morgan fingerprint density at radius 1 is 1.13 bits per heavy atom. The topological polar surface area (TPSA) is 144 Å². The first-order valence-corrected chi connectivity index (χ1v) is 12.1. The molecule has 3 aromatic rings. The van der Waals surface area contributed by atoms with Gasteiger partial charge < -0.3 is 26.2 Å². The summed E-state index contributed by atoms with van der Waals surface area (Å²) in [4.78, 5) is 33.4. The molecule has 0 radical (unpaired) electrons. The monoisotopic (exact) mass is 554 g/mol. The van der Waals surface area contributed by atoms with E-state index in [-0.39, 0.29) is 18.5 Å². The standard InChI is InChI=1S/C19H20N2O3S.C8H8FNO.CH3NO/c1-20-15-6-8-16(9-7-15)24-17-10-11-21-18(12-17)14(13-25)4-2-3-5-19(22)23;1-6-2-3-7(9)8(4-6)10-5-11;2-1-3/h2,4,6-13,20,25H,3,5H2,1H3,(H,22,23);2-5H,1H3,(H,10,11);1H,(H2,2,3)/b4-2+,14-13+;;. The van der Waals surface area contributed by atoms with E-state index in [1.165, 1.54) is 6.07 Å². The summed E-state index contributed by atoms with van der Waals surface area (Å²) in [5.74, 6) is 0.153. The van der Waals surface area contributed by atoms with Crippen LogP contribution in [0.3, 0.4) is 0 Å². The predicted molar refractivity (Wildman–Crippen MR) is 154 cm³/mol. The number of ether oxygens (including phenoxy) is 1. The maximum atomic E-state index is 12.7. The molecule has 0 spiro atoms. The Kier molecular flexibility index (Phi) is 15.4. The Bertz CT molecular complexity index is 1270. The molecule has 9 nitrogen and oxygen atoms in total. The van der Waals surface area contributed by atoms with Crippen LogP contribution in [0.2, 0.25) is 0 Å². The van der Waals surface area contributed by atoms with Crippen molar-refractivity contribution in [2.24, 2.45) is 5.73 Å². The van der Waals surface area contributed by atoms with E-state index in [1.54, 1.807) is 35.9 Å². The van der Waals surface area contributed by atoms with Crippen LogP contribution in [0.25, 0.3) is 5.57 Å². The average Bonchev–Trinajstić information content (AvgIpc) is 2.92. The summed E-state index contributed by atoms with van der Waals surface area (Å²) in [7, 11) is 1.86. The van der Waals surface area contributed by atoms with Crippen molar-refractivity contribution in [3.63, 3.8) is 0 Å². The number of thiol groups is 1. The molecular formula is C28H31FN4O5S. The zero-order valence-electron chi connectivity index (χ0n) is 21.5. The molecule has 1 heterocycles. The van der Waals surface area contributed by atoms with Crippen LogP contribution >= 0.6 is 12.6 Å². The van der Waals surface area contributed by atoms with Crippen molar-refractivity contribution in [1.82, 2.24) is 4.98 Å². The molecule has 0 aliphatic rings. The summed E-state index contributed by atoms with van der Waals surface area (Å²) < 4.78 is 18.6. The second-order valence-corrected chi connectivity index (χ2v) is 7.81. The van der Waals surface area contributed by atoms with E-state index in [2.05, 4.69) is 34.0 Å². The lowest BCUT2D eigenvalue weighted by Gasteiger charge is -2.08. The van der Waals surface area contributed by atoms with Gasteiger partial charge in [0.25, 0.3) is 0 Å². The van der Waals surface area contributed by atoms with E-state index >= 15 is 0 Å². The number of carbonyl (C=O) groups excluding carboxylic acids is 2. The minimum absolute atomic E-state index is 0.0928. The number of primary amides is 1. The number of hydrogen-bond acceptors (Lipinski definition) is 7. The van der Waals surface area contributed by atoms with Crippen LogP contribution in [0.1, 0.15) is 24.1 Å². The molecular weight excluding hydrogens is 523 g/mol. The molecule has 0 aliphatic heterocycles. The van der Waals surface area contributed by atoms with Gasteiger partial charge in [-0.1, -0.05) is 18.2 Å². The lowest BCUT2D eigenvalue weighted by Crippen LogP contribution is -1.96. The molecule has 0 unspecified atom stereocenters. The summed E-state index contributed by atoms with van der Waals surface area (Å²) in [5, 5.41) is 15.6. The number of hydrogen-bond donors (Lipinski definition) is 5. The van der Waals surface area contributed by atoms with Gasteiger partial charge in [0.1, 0.15) is 17.3 Å². The molecule has 11 heteroatoms. The smallest absolute Gasteiger partial charge is 0.303 e. The number of amides is 2. The quantitative estimate of drug-likeness (QED) is 0.128. The van der Waals surface area contributed by atoms with E-state index < -0.39 is 11.8 Å². The molecule has 206 valence electrons. The van der Waals surface area contributed by atoms with E-state index in [1.807, 2.05) is 50.4 Å². The Hall–Kier alpha value is -4.64. The van der Waals surface area contributed by atoms with Gasteiger partial charge in [-0.15, -0.1) is 0 Å². The first-order valence-electron chi connectivity index (χ1n) is 11.5. The van der Waals surface area contributed by atoms with Gasteiger partial charge in [-0.05, 0) is 66.8 Å². The van der Waals surface area contributed by atoms with Crippen LogP contribution in [-0.4, -0.2) is 35.9 Å². The second kappa shape index (κ2) is 18.6. The number of aliphatic carboxylic acids is 1. The summed E-state index contributed by atoms with van der Waals surface area (Å²) in [6.45, 7) is 1.83. The fraction of sp³-hybridized carbons (Fsp3) is 0.143. The number of halogens is 1. The Balaban J connectivity index is 0.000000450. The Morgan fingerprint density at radius 3 is 2.41 bits per heavy atom. The summed E-state index contributed by atoms with van der Waals surface area (Å²) in [6, 6.07) is 15.8. The lowest BCUT2D eigenvalue weighted by atomic mass is 10.1. The molecule has 0 bridgehead atoms. The third kappa shape index (κ3) is 12.9. The third-order valence-electron chi connectivity index (χ3n) is 4.70. The van der Waals surface area contributed by atoms with Crippen LogP contribution in [0.5, 0.6) is 11.5 Å². The number of carboxylic acids is 1. The zero-order valence-corrected chi connectivity index (χ0v) is 22.4. The van der Waals surface area contributed by atoms with E-state index in [0.717, 1.165) is 22.6 Å². The highest BCUT2D eigenvalue weighted by Crippen LogP contribution is 2.25. The number of allylic oxidation sites excluding steroid dienone is 3. The molecule has 0 aliphatic carbocycles. The number of aromatic nitrogens is 1. The molecule has 2 amide bonds. The van der Waals surface area contributed by atoms with Crippen molar-refractivity contribution in [1.29, 1.82) is 0 Å². The third-order valence-corrected chi connectivity index (χ3v) is 4.98. The van der Waals surface area contributed by atoms with E-state index in [4.69, 9.17) is 14.6 Å². The second-order valence-electron chi connectivity index (χ2n) is 7.55. The normalized spacial score (nSPS) is 10.3. The van der Waals surface area contributed by atoms with Crippen molar-refractivity contribution in [2.45, 2.75) is 19.8 Å². The van der Waals surface area contributed by atoms with Crippen molar-refractivity contribution in [2.75, 3.05) is 17.7 Å². The zero-order chi connectivity index (χ0) is 29.0. The summed E-state index contributed by atoms with van der Waals surface area (Å²) in [5.41, 5.74) is 7.79. The summed E-state index contributed by atoms with van der Waals surface area (Å²) >= 11 is 4.21. The molecule has 0 atom stereocenters. The van der Waals surface area contributed by atoms with Gasteiger partial charge in [-0.3, -0.25) is 19.4 Å². The van der Waals surface area contributed by atoms with Gasteiger partial charge >= 0.3 is 5.97 Å². The average molecular weight is 555 g/mol. The number of nitrogens with two attached hydrogens (primary N) is 1. The van der Waals surface area contributed by atoms with E-state index in [0.29, 0.717) is 24.3 Å². The Labute approximate surface area is 232 Å². The molecule has 0 fully saturated rings. The molecule has 2 aromatic carbocycles. The first kappa shape index (κ1) is 32.4. The SMILES string of the molecule is CNc1ccc(Oc2ccnc(C(/C=C/CCC(=O)O)=C/S)c2)cc1.Cc1ccc(F)c(NC=O)c1.NC=O. The van der Waals surface area contributed by atoms with Crippen molar-refractivity contribution >= 4 is 48.4 Å². The number of nitrogens with zero attached hydrogens (tertiary/aromatic N) is 1. The number of anilines is 2. The number of carbonyl (C=O) groups is 3. The number of carboxylic acid groups (broad SMARTS) is 1. The van der Waals surface area contributed by atoms with Crippen molar-refractivity contribution in [3.05, 3.63) is 95.4 Å². The van der Waals surface area contributed by atoms with Gasteiger partial charge in [0.2, 0.25) is 12.8 Å². The van der Waals surface area contributed by atoms with Gasteiger partial charge in [0, 0.05) is 37.0 Å². The van der Waals surface area contributed by atoms with Crippen LogP contribution < -0.4 is 21.1 Å². The van der Waals surface area contributed by atoms with E-state index in [9.17, 15) is 14.0 Å². The minimum atomic E-state index is -0.820. The lowest BCUT2D eigenvalue weighted by molar-refractivity contribution is -0.136. The van der Waals surface area contributed by atoms with Crippen LogP contribution in [0.15, 0.2) is 78.4 Å². The van der Waals surface area contributed by atoms with Crippen molar-refractivity contribution < 1.29 is 28.6 Å². The summed E-state index contributed by atoms with van der Waals surface area (Å²) in [6.07, 6.45) is 6.52. The fourth-order valence-electron chi connectivity index (χ4n) is 2.88. The van der Waals surface area contributed by atoms with Gasteiger partial charge in [-0.2, -0.15) is 12.6 Å². The minimum Gasteiger partial charge on any atom is -0.481 e.